The molecule has 0 bridgehead atoms. The molecule has 0 aliphatic heterocycles. The van der Waals surface area contributed by atoms with E-state index in [-0.39, 0.29) is 11.8 Å². The summed E-state index contributed by atoms with van der Waals surface area (Å²) in [7, 11) is -3.42. The summed E-state index contributed by atoms with van der Waals surface area (Å²) in [6.45, 7) is 2.74. The predicted octanol–water partition coefficient (Wildman–Crippen LogP) is 3.67. The Labute approximate surface area is 146 Å². The van der Waals surface area contributed by atoms with Gasteiger partial charge in [-0.15, -0.1) is 0 Å². The van der Waals surface area contributed by atoms with Crippen molar-refractivity contribution < 1.29 is 13.2 Å². The highest BCUT2D eigenvalue weighted by atomic mass is 80.0. The number of carbonyl (C=O) groups is 1. The van der Waals surface area contributed by atoms with Gasteiger partial charge >= 0.3 is 0 Å². The topological polar surface area (TPSA) is 63.2 Å². The average molecular weight is 498 g/mol. The van der Waals surface area contributed by atoms with Gasteiger partial charge in [-0.25, -0.2) is 8.42 Å². The van der Waals surface area contributed by atoms with Gasteiger partial charge in [0, 0.05) is 12.5 Å². The Balaban J connectivity index is 2.65. The van der Waals surface area contributed by atoms with Crippen molar-refractivity contribution in [3.63, 3.8) is 0 Å². The summed E-state index contributed by atoms with van der Waals surface area (Å²) >= 11 is 9.27. The van der Waals surface area contributed by atoms with Gasteiger partial charge in [-0.3, -0.25) is 4.79 Å². The number of carbonyl (C=O) groups excluding carboxylic acids is 1. The van der Waals surface area contributed by atoms with E-state index in [0.717, 1.165) is 25.7 Å². The first kappa shape index (κ1) is 18.9. The van der Waals surface area contributed by atoms with E-state index in [0.29, 0.717) is 19.4 Å². The van der Waals surface area contributed by atoms with Crippen molar-refractivity contribution in [3.8, 4) is 0 Å². The molecule has 1 fully saturated rings. The monoisotopic (exact) mass is 495 g/mol. The summed E-state index contributed by atoms with van der Waals surface area (Å²) in [5, 5.41) is 2.39. The smallest absolute Gasteiger partial charge is 0.235 e. The van der Waals surface area contributed by atoms with Crippen LogP contribution in [-0.2, 0) is 14.6 Å². The molecule has 0 aromatic heterocycles. The molecule has 0 heterocycles. The van der Waals surface area contributed by atoms with Gasteiger partial charge in [0.25, 0.3) is 0 Å². The third-order valence-electron chi connectivity index (χ3n) is 3.59. The lowest BCUT2D eigenvalue weighted by atomic mass is 9.88. The highest BCUT2D eigenvalue weighted by Gasteiger charge is 2.44. The van der Waals surface area contributed by atoms with Gasteiger partial charge < -0.3 is 5.32 Å². The van der Waals surface area contributed by atoms with Crippen molar-refractivity contribution in [1.29, 1.82) is 0 Å². The second-order valence-corrected chi connectivity index (χ2v) is 15.8. The van der Waals surface area contributed by atoms with Crippen LogP contribution in [0.1, 0.15) is 45.4 Å². The van der Waals surface area contributed by atoms with Crippen LogP contribution in [0.5, 0.6) is 0 Å². The van der Waals surface area contributed by atoms with Crippen LogP contribution < -0.4 is 5.32 Å². The number of unbranched alkanes of at least 4 members (excludes halogenated alkanes) is 1. The normalized spacial score (nSPS) is 24.4. The highest BCUT2D eigenvalue weighted by molar-refractivity contribution is 9.42. The Kier molecular flexibility index (Phi) is 7.49. The minimum Gasteiger partial charge on any atom is -0.356 e. The van der Waals surface area contributed by atoms with Crippen LogP contribution in [-0.4, -0.2) is 27.6 Å². The van der Waals surface area contributed by atoms with Crippen molar-refractivity contribution in [2.24, 2.45) is 5.92 Å². The maximum atomic E-state index is 12.4. The number of hydrogen-bond donors (Lipinski definition) is 1. The molecule has 0 radical (unpaired) electrons. The van der Waals surface area contributed by atoms with Crippen molar-refractivity contribution in [2.75, 3.05) is 6.54 Å². The molecular weight excluding hydrogens is 478 g/mol. The third kappa shape index (κ3) is 4.95. The lowest BCUT2D eigenvalue weighted by Gasteiger charge is -2.30. The predicted molar refractivity (Wildman–Crippen MR) is 92.1 cm³/mol. The fourth-order valence-electron chi connectivity index (χ4n) is 2.39. The molecule has 1 amide bonds. The van der Waals surface area contributed by atoms with E-state index < -0.39 is 16.6 Å². The van der Waals surface area contributed by atoms with E-state index in [4.69, 9.17) is 0 Å². The molecule has 1 saturated carbocycles. The molecule has 1 aliphatic carbocycles. The third-order valence-corrected chi connectivity index (χ3v) is 9.60. The summed E-state index contributed by atoms with van der Waals surface area (Å²) in [6.07, 6.45) is 4.51. The van der Waals surface area contributed by atoms with Gasteiger partial charge in [-0.05, 0) is 73.5 Å². The molecule has 1 rings (SSSR count). The van der Waals surface area contributed by atoms with E-state index in [1.165, 1.54) is 0 Å². The lowest BCUT2D eigenvalue weighted by Crippen LogP contribution is -2.40. The Bertz CT molecular complexity index is 434. The largest absolute Gasteiger partial charge is 0.356 e. The number of amides is 1. The van der Waals surface area contributed by atoms with Gasteiger partial charge in [0.1, 0.15) is 0 Å². The molecule has 1 N–H and O–H groups in total. The summed E-state index contributed by atoms with van der Waals surface area (Å²) in [5.74, 6) is -0.210. The molecule has 20 heavy (non-hydrogen) atoms. The average Bonchev–Trinajstić information content (AvgIpc) is 2.37. The molecule has 0 aromatic rings. The van der Waals surface area contributed by atoms with Gasteiger partial charge in [0.05, 0.1) is 5.25 Å². The maximum Gasteiger partial charge on any atom is 0.235 e. The number of sulfone groups is 1. The molecular formula is C12H20Br3NO3S. The van der Waals surface area contributed by atoms with Crippen LogP contribution >= 0.6 is 47.8 Å². The van der Waals surface area contributed by atoms with Crippen LogP contribution in [0.2, 0.25) is 0 Å². The van der Waals surface area contributed by atoms with E-state index in [9.17, 15) is 13.2 Å². The quantitative estimate of drug-likeness (QED) is 0.465. The van der Waals surface area contributed by atoms with Crippen molar-refractivity contribution >= 4 is 63.5 Å². The SMILES string of the molecule is CCCCNC(=O)C1CCCC(S(=O)(=O)C(Br)(Br)Br)C1. The van der Waals surface area contributed by atoms with Crippen LogP contribution in [0.25, 0.3) is 0 Å². The van der Waals surface area contributed by atoms with E-state index in [1.54, 1.807) is 0 Å². The highest BCUT2D eigenvalue weighted by Crippen LogP contribution is 2.45. The molecule has 1 aliphatic rings. The Morgan fingerprint density at radius 2 is 1.95 bits per heavy atom. The van der Waals surface area contributed by atoms with E-state index in [2.05, 4.69) is 60.0 Å². The van der Waals surface area contributed by atoms with E-state index in [1.807, 2.05) is 0 Å². The summed E-state index contributed by atoms with van der Waals surface area (Å²) in [6, 6.07) is 0. The zero-order chi connectivity index (χ0) is 15.4. The fraction of sp³-hybridized carbons (Fsp3) is 0.917. The first-order chi connectivity index (χ1) is 9.20. The number of hydrogen-bond acceptors (Lipinski definition) is 3. The van der Waals surface area contributed by atoms with Crippen molar-refractivity contribution in [1.82, 2.24) is 5.32 Å². The molecule has 2 unspecified atom stereocenters. The molecule has 0 aromatic carbocycles. The molecule has 0 spiro atoms. The molecule has 4 nitrogen and oxygen atoms in total. The number of nitrogens with one attached hydrogen (secondary N) is 1. The second kappa shape index (κ2) is 7.92. The zero-order valence-electron chi connectivity index (χ0n) is 11.4. The Morgan fingerprint density at radius 3 is 2.50 bits per heavy atom. The first-order valence-corrected chi connectivity index (χ1v) is 10.7. The Morgan fingerprint density at radius 1 is 1.30 bits per heavy atom. The Hall–Kier alpha value is 0.860. The van der Waals surface area contributed by atoms with Crippen molar-refractivity contribution in [2.45, 2.75) is 52.2 Å². The van der Waals surface area contributed by atoms with E-state index >= 15 is 0 Å². The van der Waals surface area contributed by atoms with Crippen molar-refractivity contribution in [3.05, 3.63) is 0 Å². The summed E-state index contributed by atoms with van der Waals surface area (Å²) in [4.78, 5) is 12.1. The second-order valence-electron chi connectivity index (χ2n) is 5.12. The summed E-state index contributed by atoms with van der Waals surface area (Å²) < 4.78 is 23.4. The molecule has 8 heteroatoms. The van der Waals surface area contributed by atoms with Gasteiger partial charge in [-0.2, -0.15) is 0 Å². The number of halogens is 3. The van der Waals surface area contributed by atoms with Gasteiger partial charge in [0.15, 0.2) is 9.84 Å². The standard InChI is InChI=1S/C12H20Br3NO3S/c1-2-3-7-16-11(17)9-5-4-6-10(8-9)20(18,19)12(13,14)15/h9-10H,2-8H2,1H3,(H,16,17). The van der Waals surface area contributed by atoms with Gasteiger partial charge in [-0.1, -0.05) is 19.8 Å². The molecule has 118 valence electrons. The van der Waals surface area contributed by atoms with Gasteiger partial charge in [0.2, 0.25) is 7.38 Å². The van der Waals surface area contributed by atoms with Crippen LogP contribution in [0.4, 0.5) is 0 Å². The maximum absolute atomic E-state index is 12.4. The fourth-order valence-corrected chi connectivity index (χ4v) is 6.11. The van der Waals surface area contributed by atoms with Crippen LogP contribution in [0.3, 0.4) is 0 Å². The molecule has 2 atom stereocenters. The number of rotatable bonds is 5. The number of alkyl halides is 3. The molecule has 0 saturated heterocycles. The van der Waals surface area contributed by atoms with Crippen LogP contribution in [0.15, 0.2) is 0 Å². The summed E-state index contributed by atoms with van der Waals surface area (Å²) in [5.41, 5.74) is 0. The van der Waals surface area contributed by atoms with Crippen LogP contribution in [0, 0.1) is 5.92 Å². The zero-order valence-corrected chi connectivity index (χ0v) is 16.9. The first-order valence-electron chi connectivity index (χ1n) is 6.78. The minimum absolute atomic E-state index is 0.0114. The minimum atomic E-state index is -3.42. The lowest BCUT2D eigenvalue weighted by molar-refractivity contribution is -0.125.